The molecule has 0 aliphatic carbocycles. The average Bonchev–Trinajstić information content (AvgIpc) is 2.84. The summed E-state index contributed by atoms with van der Waals surface area (Å²) in [4.78, 5) is 0. The molecule has 4 nitrogen and oxygen atoms in total. The molecule has 2 rings (SSSR count). The van der Waals surface area contributed by atoms with E-state index in [-0.39, 0.29) is 0 Å². The van der Waals surface area contributed by atoms with Crippen molar-refractivity contribution in [2.75, 3.05) is 0 Å². The maximum absolute atomic E-state index is 13.9. The van der Waals surface area contributed by atoms with Gasteiger partial charge in [-0.05, 0) is 31.5 Å². The Morgan fingerprint density at radius 2 is 2.11 bits per heavy atom. The molecule has 0 saturated heterocycles. The van der Waals surface area contributed by atoms with Crippen molar-refractivity contribution < 1.29 is 8.78 Å². The van der Waals surface area contributed by atoms with Crippen LogP contribution in [-0.2, 0) is 6.54 Å². The number of hydrazine groups is 1. The summed E-state index contributed by atoms with van der Waals surface area (Å²) in [5.74, 6) is 4.33. The van der Waals surface area contributed by atoms with Crippen LogP contribution in [0.25, 0.3) is 0 Å². The van der Waals surface area contributed by atoms with E-state index in [2.05, 4.69) is 10.5 Å². The molecule has 3 N–H and O–H groups in total. The van der Waals surface area contributed by atoms with Crippen LogP contribution in [0.3, 0.4) is 0 Å². The number of hydrogen-bond acceptors (Lipinski definition) is 3. The fourth-order valence-corrected chi connectivity index (χ4v) is 2.09. The number of halogens is 2. The second-order valence-electron chi connectivity index (χ2n) is 4.29. The second-order valence-corrected chi connectivity index (χ2v) is 4.29. The summed E-state index contributed by atoms with van der Waals surface area (Å²) < 4.78 is 28.9. The highest BCUT2D eigenvalue weighted by molar-refractivity contribution is 5.33. The molecule has 1 atom stereocenters. The molecule has 0 fully saturated rings. The molecule has 6 heteroatoms. The zero-order valence-electron chi connectivity index (χ0n) is 10.8. The summed E-state index contributed by atoms with van der Waals surface area (Å²) in [6.45, 7) is 4.15. The molecule has 1 aromatic heterocycles. The molecule has 2 aromatic rings. The van der Waals surface area contributed by atoms with Crippen LogP contribution < -0.4 is 11.3 Å². The quantitative estimate of drug-likeness (QED) is 0.657. The van der Waals surface area contributed by atoms with E-state index in [9.17, 15) is 8.78 Å². The van der Waals surface area contributed by atoms with Gasteiger partial charge in [-0.15, -0.1) is 0 Å². The monoisotopic (exact) mass is 266 g/mol. The van der Waals surface area contributed by atoms with E-state index < -0.39 is 17.7 Å². The number of nitrogens with two attached hydrogens (primary N) is 1. The van der Waals surface area contributed by atoms with Crippen LogP contribution in [0.5, 0.6) is 0 Å². The zero-order valence-corrected chi connectivity index (χ0v) is 10.8. The van der Waals surface area contributed by atoms with E-state index in [0.717, 1.165) is 11.8 Å². The van der Waals surface area contributed by atoms with Gasteiger partial charge in [-0.3, -0.25) is 10.5 Å². The number of aromatic nitrogens is 2. The normalized spacial score (nSPS) is 12.7. The van der Waals surface area contributed by atoms with Crippen LogP contribution in [0, 0.1) is 18.6 Å². The van der Waals surface area contributed by atoms with Crippen LogP contribution in [0.4, 0.5) is 8.78 Å². The largest absolute Gasteiger partial charge is 0.271 e. The topological polar surface area (TPSA) is 55.9 Å². The van der Waals surface area contributed by atoms with E-state index in [1.807, 2.05) is 6.92 Å². The van der Waals surface area contributed by atoms with Crippen molar-refractivity contribution in [1.29, 1.82) is 0 Å². The number of rotatable bonds is 4. The molecule has 0 spiro atoms. The molecule has 0 aliphatic rings. The van der Waals surface area contributed by atoms with Gasteiger partial charge >= 0.3 is 0 Å². The number of nitrogens with zero attached hydrogens (tertiary/aromatic N) is 2. The number of hydrogen-bond donors (Lipinski definition) is 2. The lowest BCUT2D eigenvalue weighted by molar-refractivity contribution is 0.507. The summed E-state index contributed by atoms with van der Waals surface area (Å²) in [6.07, 6.45) is 1.62. The maximum Gasteiger partial charge on any atom is 0.131 e. The Hall–Kier alpha value is -1.79. The molecule has 19 heavy (non-hydrogen) atoms. The van der Waals surface area contributed by atoms with Crippen molar-refractivity contribution in [2.24, 2.45) is 5.84 Å². The Bertz CT molecular complexity index is 580. The van der Waals surface area contributed by atoms with Gasteiger partial charge in [0.05, 0.1) is 11.7 Å². The second kappa shape index (κ2) is 5.46. The minimum absolute atomic E-state index is 0.302. The Balaban J connectivity index is 2.51. The highest BCUT2D eigenvalue weighted by atomic mass is 19.1. The van der Waals surface area contributed by atoms with Crippen molar-refractivity contribution in [3.05, 3.63) is 52.9 Å². The SMILES string of the molecule is CCn1nccc1C(NN)c1cc(C)c(F)cc1F. The van der Waals surface area contributed by atoms with Gasteiger partial charge in [0.2, 0.25) is 0 Å². The number of benzene rings is 1. The molecule has 1 unspecified atom stereocenters. The minimum atomic E-state index is -0.630. The van der Waals surface area contributed by atoms with Gasteiger partial charge in [-0.25, -0.2) is 14.2 Å². The van der Waals surface area contributed by atoms with Gasteiger partial charge in [0.1, 0.15) is 11.6 Å². The summed E-state index contributed by atoms with van der Waals surface area (Å²) in [6, 6.07) is 3.53. The lowest BCUT2D eigenvalue weighted by Crippen LogP contribution is -2.31. The predicted octanol–water partition coefficient (Wildman–Crippen LogP) is 2.04. The molecular formula is C13H16F2N4. The van der Waals surface area contributed by atoms with Crippen LogP contribution >= 0.6 is 0 Å². The van der Waals surface area contributed by atoms with Crippen molar-refractivity contribution >= 4 is 0 Å². The van der Waals surface area contributed by atoms with Gasteiger partial charge in [-0.1, -0.05) is 0 Å². The smallest absolute Gasteiger partial charge is 0.131 e. The highest BCUT2D eigenvalue weighted by Gasteiger charge is 2.21. The summed E-state index contributed by atoms with van der Waals surface area (Å²) in [7, 11) is 0. The number of aryl methyl sites for hydroxylation is 2. The van der Waals surface area contributed by atoms with Gasteiger partial charge in [0, 0.05) is 24.4 Å². The van der Waals surface area contributed by atoms with Crippen molar-refractivity contribution in [3.8, 4) is 0 Å². The van der Waals surface area contributed by atoms with Gasteiger partial charge in [-0.2, -0.15) is 5.10 Å². The molecule has 0 bridgehead atoms. The Morgan fingerprint density at radius 3 is 2.74 bits per heavy atom. The zero-order chi connectivity index (χ0) is 14.0. The predicted molar refractivity (Wildman–Crippen MR) is 68.2 cm³/mol. The first-order valence-corrected chi connectivity index (χ1v) is 6.01. The van der Waals surface area contributed by atoms with Crippen LogP contribution in [0.15, 0.2) is 24.4 Å². The fraction of sp³-hybridized carbons (Fsp3) is 0.308. The molecule has 1 aromatic carbocycles. The van der Waals surface area contributed by atoms with E-state index in [1.54, 1.807) is 23.9 Å². The Labute approximate surface area is 110 Å². The lowest BCUT2D eigenvalue weighted by atomic mass is 10.0. The van der Waals surface area contributed by atoms with E-state index >= 15 is 0 Å². The first-order chi connectivity index (χ1) is 9.08. The molecule has 1 heterocycles. The van der Waals surface area contributed by atoms with Crippen molar-refractivity contribution in [3.63, 3.8) is 0 Å². The Kier molecular flexibility index (Phi) is 3.92. The third-order valence-corrected chi connectivity index (χ3v) is 3.10. The van der Waals surface area contributed by atoms with E-state index in [4.69, 9.17) is 5.84 Å². The number of nitrogens with one attached hydrogen (secondary N) is 1. The van der Waals surface area contributed by atoms with Crippen LogP contribution in [0.1, 0.15) is 29.8 Å². The van der Waals surface area contributed by atoms with Gasteiger partial charge < -0.3 is 0 Å². The first kappa shape index (κ1) is 13.6. The minimum Gasteiger partial charge on any atom is -0.271 e. The summed E-state index contributed by atoms with van der Waals surface area (Å²) in [5.41, 5.74) is 3.97. The summed E-state index contributed by atoms with van der Waals surface area (Å²) >= 11 is 0. The summed E-state index contributed by atoms with van der Waals surface area (Å²) in [5, 5.41) is 4.12. The third kappa shape index (κ3) is 2.50. The van der Waals surface area contributed by atoms with Crippen molar-refractivity contribution in [2.45, 2.75) is 26.4 Å². The van der Waals surface area contributed by atoms with E-state index in [1.165, 1.54) is 6.07 Å². The molecule has 0 aliphatic heterocycles. The third-order valence-electron chi connectivity index (χ3n) is 3.10. The average molecular weight is 266 g/mol. The van der Waals surface area contributed by atoms with Gasteiger partial charge in [0.25, 0.3) is 0 Å². The molecule has 102 valence electrons. The maximum atomic E-state index is 13.9. The van der Waals surface area contributed by atoms with Crippen molar-refractivity contribution in [1.82, 2.24) is 15.2 Å². The first-order valence-electron chi connectivity index (χ1n) is 6.01. The molecule has 0 radical (unpaired) electrons. The highest BCUT2D eigenvalue weighted by Crippen LogP contribution is 2.25. The fourth-order valence-electron chi connectivity index (χ4n) is 2.09. The molecule has 0 saturated carbocycles. The van der Waals surface area contributed by atoms with Crippen LogP contribution in [-0.4, -0.2) is 9.78 Å². The van der Waals surface area contributed by atoms with E-state index in [0.29, 0.717) is 17.7 Å². The lowest BCUT2D eigenvalue weighted by Gasteiger charge is -2.19. The Morgan fingerprint density at radius 1 is 1.37 bits per heavy atom. The molecule has 0 amide bonds. The standard InChI is InChI=1S/C13H16F2N4/c1-3-19-12(4-5-17-19)13(18-16)9-6-8(2)10(14)7-11(9)15/h4-7,13,18H,3,16H2,1-2H3. The molecular weight excluding hydrogens is 250 g/mol. The van der Waals surface area contributed by atoms with Crippen LogP contribution in [0.2, 0.25) is 0 Å². The van der Waals surface area contributed by atoms with Gasteiger partial charge in [0.15, 0.2) is 0 Å².